The number of likely N-dealkylation sites (tertiary alicyclic amines) is 1. The molecule has 3 rings (SSSR count). The SMILES string of the molecule is Cc1ccc(-c2nnc(SCCCN3CCCC3=O)n2C)cc1. The Hall–Kier alpha value is -1.82. The molecular formula is C17H22N4OS. The maximum atomic E-state index is 11.6. The van der Waals surface area contributed by atoms with E-state index >= 15 is 0 Å². The van der Waals surface area contributed by atoms with Gasteiger partial charge in [0.2, 0.25) is 5.91 Å². The molecule has 2 aromatic rings. The molecule has 2 heterocycles. The van der Waals surface area contributed by atoms with Crippen LogP contribution in [0.3, 0.4) is 0 Å². The predicted octanol–water partition coefficient (Wildman–Crippen LogP) is 2.90. The van der Waals surface area contributed by atoms with E-state index < -0.39 is 0 Å². The highest BCUT2D eigenvalue weighted by molar-refractivity contribution is 7.99. The summed E-state index contributed by atoms with van der Waals surface area (Å²) in [6.45, 7) is 3.85. The zero-order valence-electron chi connectivity index (χ0n) is 13.7. The average molecular weight is 330 g/mol. The van der Waals surface area contributed by atoms with Crippen LogP contribution in [0.2, 0.25) is 0 Å². The highest BCUT2D eigenvalue weighted by Crippen LogP contribution is 2.23. The van der Waals surface area contributed by atoms with Gasteiger partial charge in [0.15, 0.2) is 11.0 Å². The molecule has 1 aromatic carbocycles. The smallest absolute Gasteiger partial charge is 0.222 e. The van der Waals surface area contributed by atoms with Crippen molar-refractivity contribution in [3.63, 3.8) is 0 Å². The van der Waals surface area contributed by atoms with E-state index in [9.17, 15) is 4.79 Å². The summed E-state index contributed by atoms with van der Waals surface area (Å²) in [4.78, 5) is 13.5. The minimum atomic E-state index is 0.301. The van der Waals surface area contributed by atoms with E-state index in [0.717, 1.165) is 54.6 Å². The lowest BCUT2D eigenvalue weighted by atomic mass is 10.1. The normalized spacial score (nSPS) is 14.7. The van der Waals surface area contributed by atoms with Gasteiger partial charge in [0.1, 0.15) is 0 Å². The maximum absolute atomic E-state index is 11.6. The summed E-state index contributed by atoms with van der Waals surface area (Å²) in [5, 5.41) is 9.53. The number of rotatable bonds is 6. The van der Waals surface area contributed by atoms with Gasteiger partial charge in [-0.2, -0.15) is 0 Å². The summed E-state index contributed by atoms with van der Waals surface area (Å²) >= 11 is 1.70. The third kappa shape index (κ3) is 3.75. The van der Waals surface area contributed by atoms with E-state index in [1.54, 1.807) is 11.8 Å². The number of thioether (sulfide) groups is 1. The van der Waals surface area contributed by atoms with E-state index in [4.69, 9.17) is 0 Å². The van der Waals surface area contributed by atoms with Crippen LogP contribution in [0, 0.1) is 6.92 Å². The van der Waals surface area contributed by atoms with Gasteiger partial charge < -0.3 is 9.47 Å². The van der Waals surface area contributed by atoms with Crippen LogP contribution in [0.25, 0.3) is 11.4 Å². The monoisotopic (exact) mass is 330 g/mol. The van der Waals surface area contributed by atoms with Crippen LogP contribution in [0.5, 0.6) is 0 Å². The molecule has 1 amide bonds. The van der Waals surface area contributed by atoms with Crippen molar-refractivity contribution in [1.82, 2.24) is 19.7 Å². The Bertz CT molecular complexity index is 680. The first-order valence-electron chi connectivity index (χ1n) is 8.02. The molecule has 0 saturated carbocycles. The zero-order chi connectivity index (χ0) is 16.2. The van der Waals surface area contributed by atoms with Crippen LogP contribution >= 0.6 is 11.8 Å². The molecule has 1 fully saturated rings. The van der Waals surface area contributed by atoms with Crippen molar-refractivity contribution < 1.29 is 4.79 Å². The molecule has 1 aromatic heterocycles. The summed E-state index contributed by atoms with van der Waals surface area (Å²) in [6, 6.07) is 8.33. The van der Waals surface area contributed by atoms with Gasteiger partial charge >= 0.3 is 0 Å². The van der Waals surface area contributed by atoms with Crippen molar-refractivity contribution in [1.29, 1.82) is 0 Å². The van der Waals surface area contributed by atoms with Crippen molar-refractivity contribution in [3.8, 4) is 11.4 Å². The quantitative estimate of drug-likeness (QED) is 0.604. The van der Waals surface area contributed by atoms with Crippen molar-refractivity contribution in [2.45, 2.75) is 31.3 Å². The van der Waals surface area contributed by atoms with Crippen molar-refractivity contribution in [2.24, 2.45) is 7.05 Å². The first kappa shape index (κ1) is 16.1. The topological polar surface area (TPSA) is 51.0 Å². The molecule has 1 aliphatic heterocycles. The predicted molar refractivity (Wildman–Crippen MR) is 92.3 cm³/mol. The third-order valence-corrected chi connectivity index (χ3v) is 5.23. The van der Waals surface area contributed by atoms with Crippen LogP contribution in [-0.4, -0.2) is 44.4 Å². The Morgan fingerprint density at radius 1 is 1.22 bits per heavy atom. The third-order valence-electron chi connectivity index (χ3n) is 4.12. The molecule has 0 aliphatic carbocycles. The Balaban J connectivity index is 1.55. The van der Waals surface area contributed by atoms with Crippen LogP contribution in [0.15, 0.2) is 29.4 Å². The molecule has 0 atom stereocenters. The van der Waals surface area contributed by atoms with Gasteiger partial charge in [0, 0.05) is 37.9 Å². The molecule has 0 N–H and O–H groups in total. The molecular weight excluding hydrogens is 308 g/mol. The van der Waals surface area contributed by atoms with Gasteiger partial charge in [-0.3, -0.25) is 4.79 Å². The summed E-state index contributed by atoms with van der Waals surface area (Å²) in [6.07, 6.45) is 2.72. The lowest BCUT2D eigenvalue weighted by Gasteiger charge is -2.14. The van der Waals surface area contributed by atoms with E-state index in [-0.39, 0.29) is 0 Å². The standard InChI is InChI=1S/C17H22N4OS/c1-13-6-8-14(9-7-13)16-18-19-17(20(16)2)23-12-4-11-21-10-3-5-15(21)22/h6-9H,3-5,10-12H2,1-2H3. The van der Waals surface area contributed by atoms with Crippen LogP contribution in [0.4, 0.5) is 0 Å². The van der Waals surface area contributed by atoms with Crippen molar-refractivity contribution in [3.05, 3.63) is 29.8 Å². The van der Waals surface area contributed by atoms with E-state index in [0.29, 0.717) is 5.91 Å². The zero-order valence-corrected chi connectivity index (χ0v) is 14.5. The van der Waals surface area contributed by atoms with E-state index in [2.05, 4.69) is 41.4 Å². The molecule has 0 radical (unpaired) electrons. The molecule has 0 bridgehead atoms. The maximum Gasteiger partial charge on any atom is 0.222 e. The fraction of sp³-hybridized carbons (Fsp3) is 0.471. The number of hydrogen-bond acceptors (Lipinski definition) is 4. The molecule has 6 heteroatoms. The number of benzene rings is 1. The number of carbonyl (C=O) groups is 1. The number of nitrogens with zero attached hydrogens (tertiary/aromatic N) is 4. The van der Waals surface area contributed by atoms with Gasteiger partial charge in [0.05, 0.1) is 0 Å². The molecule has 5 nitrogen and oxygen atoms in total. The van der Waals surface area contributed by atoms with Gasteiger partial charge in [0.25, 0.3) is 0 Å². The number of amides is 1. The summed E-state index contributed by atoms with van der Waals surface area (Å²) in [7, 11) is 2.00. The van der Waals surface area contributed by atoms with Gasteiger partial charge in [-0.05, 0) is 19.8 Å². The molecule has 122 valence electrons. The molecule has 0 spiro atoms. The summed E-state index contributed by atoms with van der Waals surface area (Å²) in [5.74, 6) is 2.14. The Kier molecular flexibility index (Phi) is 5.00. The Morgan fingerprint density at radius 2 is 2.00 bits per heavy atom. The number of aromatic nitrogens is 3. The molecule has 0 unspecified atom stereocenters. The summed E-state index contributed by atoms with van der Waals surface area (Å²) < 4.78 is 2.04. The molecule has 1 saturated heterocycles. The van der Waals surface area contributed by atoms with Crippen LogP contribution < -0.4 is 0 Å². The largest absolute Gasteiger partial charge is 0.343 e. The first-order chi connectivity index (χ1) is 11.1. The van der Waals surface area contributed by atoms with Crippen molar-refractivity contribution >= 4 is 17.7 Å². The second-order valence-corrected chi connectivity index (χ2v) is 6.98. The Labute approximate surface area is 141 Å². The number of carbonyl (C=O) groups excluding carboxylic acids is 1. The second kappa shape index (κ2) is 7.17. The van der Waals surface area contributed by atoms with Gasteiger partial charge in [-0.25, -0.2) is 0 Å². The summed E-state index contributed by atoms with van der Waals surface area (Å²) in [5.41, 5.74) is 2.32. The minimum Gasteiger partial charge on any atom is -0.343 e. The van der Waals surface area contributed by atoms with Crippen LogP contribution in [0.1, 0.15) is 24.8 Å². The highest BCUT2D eigenvalue weighted by atomic mass is 32.2. The van der Waals surface area contributed by atoms with Crippen LogP contribution in [-0.2, 0) is 11.8 Å². The molecule has 1 aliphatic rings. The first-order valence-corrected chi connectivity index (χ1v) is 9.01. The Morgan fingerprint density at radius 3 is 2.70 bits per heavy atom. The highest BCUT2D eigenvalue weighted by Gasteiger charge is 2.19. The lowest BCUT2D eigenvalue weighted by Crippen LogP contribution is -2.25. The fourth-order valence-corrected chi connectivity index (χ4v) is 3.59. The number of hydrogen-bond donors (Lipinski definition) is 0. The van der Waals surface area contributed by atoms with E-state index in [1.165, 1.54) is 5.56 Å². The lowest BCUT2D eigenvalue weighted by molar-refractivity contribution is -0.127. The van der Waals surface area contributed by atoms with Crippen molar-refractivity contribution in [2.75, 3.05) is 18.8 Å². The number of aryl methyl sites for hydroxylation is 1. The fourth-order valence-electron chi connectivity index (χ4n) is 2.75. The second-order valence-electron chi connectivity index (χ2n) is 5.92. The van der Waals surface area contributed by atoms with Gasteiger partial charge in [-0.1, -0.05) is 41.6 Å². The molecule has 23 heavy (non-hydrogen) atoms. The van der Waals surface area contributed by atoms with E-state index in [1.807, 2.05) is 16.5 Å². The average Bonchev–Trinajstić information content (AvgIpc) is 3.11. The van der Waals surface area contributed by atoms with Gasteiger partial charge in [-0.15, -0.1) is 10.2 Å². The minimum absolute atomic E-state index is 0.301.